The maximum atomic E-state index is 13.9. The first-order valence-electron chi connectivity index (χ1n) is 9.14. The molecule has 6 heteroatoms. The number of rotatable bonds is 4. The highest BCUT2D eigenvalue weighted by Crippen LogP contribution is 2.32. The summed E-state index contributed by atoms with van der Waals surface area (Å²) in [5, 5.41) is 0. The highest BCUT2D eigenvalue weighted by Gasteiger charge is 2.30. The second-order valence-corrected chi connectivity index (χ2v) is 7.16. The minimum atomic E-state index is -0.215. The molecular formula is C19H25FN4O. The van der Waals surface area contributed by atoms with Crippen molar-refractivity contribution in [1.82, 2.24) is 19.4 Å². The molecule has 2 aromatic heterocycles. The van der Waals surface area contributed by atoms with Gasteiger partial charge < -0.3 is 9.30 Å². The fourth-order valence-electron chi connectivity index (χ4n) is 4.14. The molecule has 0 bridgehead atoms. The summed E-state index contributed by atoms with van der Waals surface area (Å²) < 4.78 is 21.8. The van der Waals surface area contributed by atoms with E-state index in [-0.39, 0.29) is 5.82 Å². The van der Waals surface area contributed by atoms with Crippen LogP contribution < -0.4 is 0 Å². The van der Waals surface area contributed by atoms with Crippen molar-refractivity contribution in [2.45, 2.75) is 44.7 Å². The fraction of sp³-hybridized carbons (Fsp3) is 0.579. The number of halogens is 1. The van der Waals surface area contributed by atoms with Crippen LogP contribution in [0, 0.1) is 12.7 Å². The van der Waals surface area contributed by atoms with Gasteiger partial charge in [0.25, 0.3) is 0 Å². The summed E-state index contributed by atoms with van der Waals surface area (Å²) in [5.41, 5.74) is 1.95. The molecule has 4 rings (SSSR count). The Hall–Kier alpha value is -1.79. The Labute approximate surface area is 147 Å². The van der Waals surface area contributed by atoms with E-state index in [9.17, 15) is 4.39 Å². The van der Waals surface area contributed by atoms with E-state index in [1.54, 1.807) is 12.3 Å². The monoisotopic (exact) mass is 344 g/mol. The molecule has 1 atom stereocenters. The minimum Gasteiger partial charge on any atom is -0.381 e. The van der Waals surface area contributed by atoms with Gasteiger partial charge in [-0.15, -0.1) is 0 Å². The average Bonchev–Trinajstić information content (AvgIpc) is 3.24. The van der Waals surface area contributed by atoms with Crippen LogP contribution in [-0.4, -0.2) is 45.7 Å². The summed E-state index contributed by atoms with van der Waals surface area (Å²) in [6.45, 7) is 6.36. The first kappa shape index (κ1) is 16.7. The zero-order valence-electron chi connectivity index (χ0n) is 14.7. The molecule has 0 saturated carbocycles. The zero-order valence-corrected chi connectivity index (χ0v) is 14.7. The van der Waals surface area contributed by atoms with Gasteiger partial charge in [-0.1, -0.05) is 0 Å². The van der Waals surface area contributed by atoms with Gasteiger partial charge in [0.1, 0.15) is 11.6 Å². The molecule has 1 unspecified atom stereocenters. The molecule has 2 aliphatic heterocycles. The van der Waals surface area contributed by atoms with Crippen LogP contribution in [0.3, 0.4) is 0 Å². The van der Waals surface area contributed by atoms with Gasteiger partial charge in [0, 0.05) is 68.5 Å². The third-order valence-corrected chi connectivity index (χ3v) is 5.46. The number of nitrogens with zero attached hydrogens (tertiary/aromatic N) is 4. The maximum Gasteiger partial charge on any atom is 0.145 e. The second kappa shape index (κ2) is 7.22. The molecule has 0 N–H and O–H groups in total. The predicted molar refractivity (Wildman–Crippen MR) is 92.9 cm³/mol. The van der Waals surface area contributed by atoms with Crippen LogP contribution >= 0.6 is 0 Å². The molecule has 0 aliphatic carbocycles. The molecule has 25 heavy (non-hydrogen) atoms. The number of imidazole rings is 1. The average molecular weight is 344 g/mol. The Balaban J connectivity index is 1.48. The smallest absolute Gasteiger partial charge is 0.145 e. The molecular weight excluding hydrogens is 319 g/mol. The first-order chi connectivity index (χ1) is 12.2. The van der Waals surface area contributed by atoms with Crippen LogP contribution in [0.25, 0.3) is 0 Å². The number of aryl methyl sites for hydroxylation is 1. The molecule has 0 radical (unpaired) electrons. The number of pyridine rings is 1. The van der Waals surface area contributed by atoms with Crippen LogP contribution in [0.5, 0.6) is 0 Å². The molecule has 0 amide bonds. The van der Waals surface area contributed by atoms with Gasteiger partial charge in [-0.2, -0.15) is 0 Å². The number of aromatic nitrogens is 3. The summed E-state index contributed by atoms with van der Waals surface area (Å²) in [6.07, 6.45) is 8.14. The highest BCUT2D eigenvalue weighted by atomic mass is 19.1. The minimum absolute atomic E-state index is 0.215. The van der Waals surface area contributed by atoms with Crippen LogP contribution in [0.1, 0.15) is 48.3 Å². The van der Waals surface area contributed by atoms with Crippen molar-refractivity contribution in [3.05, 3.63) is 47.6 Å². The van der Waals surface area contributed by atoms with E-state index >= 15 is 0 Å². The molecule has 5 nitrogen and oxygen atoms in total. The molecule has 2 aliphatic rings. The molecule has 4 heterocycles. The lowest BCUT2D eigenvalue weighted by molar-refractivity contribution is 0.0824. The van der Waals surface area contributed by atoms with Gasteiger partial charge in [0.15, 0.2) is 0 Å². The van der Waals surface area contributed by atoms with Crippen molar-refractivity contribution in [2.75, 3.05) is 26.3 Å². The van der Waals surface area contributed by atoms with Gasteiger partial charge in [-0.25, -0.2) is 9.37 Å². The topological polar surface area (TPSA) is 43.2 Å². The third-order valence-electron chi connectivity index (χ3n) is 5.46. The molecule has 2 aromatic rings. The summed E-state index contributed by atoms with van der Waals surface area (Å²) >= 11 is 0. The number of hydrogen-bond donors (Lipinski definition) is 0. The van der Waals surface area contributed by atoms with Gasteiger partial charge in [0.05, 0.1) is 6.20 Å². The maximum absolute atomic E-state index is 13.9. The van der Waals surface area contributed by atoms with Crippen LogP contribution in [-0.2, 0) is 11.3 Å². The highest BCUT2D eigenvalue weighted by molar-refractivity contribution is 5.14. The molecule has 134 valence electrons. The van der Waals surface area contributed by atoms with Crippen molar-refractivity contribution in [3.8, 4) is 0 Å². The van der Waals surface area contributed by atoms with Gasteiger partial charge >= 0.3 is 0 Å². The van der Waals surface area contributed by atoms with Gasteiger partial charge in [-0.05, 0) is 32.3 Å². The van der Waals surface area contributed by atoms with E-state index in [1.165, 1.54) is 17.7 Å². The molecule has 0 spiro atoms. The van der Waals surface area contributed by atoms with Gasteiger partial charge in [0.2, 0.25) is 0 Å². The quantitative estimate of drug-likeness (QED) is 0.855. The summed E-state index contributed by atoms with van der Waals surface area (Å²) in [7, 11) is 0. The molecule has 0 aromatic carbocycles. The Kier molecular flexibility index (Phi) is 4.81. The summed E-state index contributed by atoms with van der Waals surface area (Å²) in [6, 6.07) is 2.20. The fourth-order valence-corrected chi connectivity index (χ4v) is 4.14. The predicted octanol–water partition coefficient (Wildman–Crippen LogP) is 3.07. The van der Waals surface area contributed by atoms with E-state index < -0.39 is 0 Å². The van der Waals surface area contributed by atoms with Crippen LogP contribution in [0.4, 0.5) is 4.39 Å². The number of likely N-dealkylation sites (tertiary alicyclic amines) is 1. The van der Waals surface area contributed by atoms with Crippen molar-refractivity contribution < 1.29 is 9.13 Å². The SMILES string of the molecule is Cc1cnc(C2CCOCC2)n1C1CCN(Cc2ccncc2F)C1. The largest absolute Gasteiger partial charge is 0.381 e. The molecule has 2 fully saturated rings. The van der Waals surface area contributed by atoms with E-state index in [0.29, 0.717) is 18.5 Å². The van der Waals surface area contributed by atoms with Gasteiger partial charge in [-0.3, -0.25) is 9.88 Å². The Morgan fingerprint density at radius 1 is 1.24 bits per heavy atom. The van der Waals surface area contributed by atoms with E-state index in [4.69, 9.17) is 9.72 Å². The van der Waals surface area contributed by atoms with Crippen LogP contribution in [0.15, 0.2) is 24.7 Å². The lowest BCUT2D eigenvalue weighted by atomic mass is 9.99. The Morgan fingerprint density at radius 3 is 2.88 bits per heavy atom. The normalized spacial score (nSPS) is 22.6. The summed E-state index contributed by atoms with van der Waals surface area (Å²) in [5.74, 6) is 1.49. The Bertz CT molecular complexity index is 726. The lowest BCUT2D eigenvalue weighted by Crippen LogP contribution is -2.24. The van der Waals surface area contributed by atoms with Crippen molar-refractivity contribution >= 4 is 0 Å². The van der Waals surface area contributed by atoms with Crippen molar-refractivity contribution in [1.29, 1.82) is 0 Å². The molecule has 2 saturated heterocycles. The van der Waals surface area contributed by atoms with Crippen LogP contribution in [0.2, 0.25) is 0 Å². The van der Waals surface area contributed by atoms with E-state index in [0.717, 1.165) is 51.1 Å². The summed E-state index contributed by atoms with van der Waals surface area (Å²) in [4.78, 5) is 10.9. The number of ether oxygens (including phenoxy) is 1. The van der Waals surface area contributed by atoms with E-state index in [2.05, 4.69) is 21.4 Å². The second-order valence-electron chi connectivity index (χ2n) is 7.16. The van der Waals surface area contributed by atoms with Crippen molar-refractivity contribution in [3.63, 3.8) is 0 Å². The Morgan fingerprint density at radius 2 is 2.08 bits per heavy atom. The first-order valence-corrected chi connectivity index (χ1v) is 9.14. The lowest BCUT2D eigenvalue weighted by Gasteiger charge is -2.26. The standard InChI is InChI=1S/C19H25FN4O/c1-14-10-22-19(15-4-8-25-9-5-15)24(14)17-3-7-23(13-17)12-16-2-6-21-11-18(16)20/h2,6,10-11,15,17H,3-5,7-9,12-13H2,1H3. The number of hydrogen-bond acceptors (Lipinski definition) is 4. The van der Waals surface area contributed by atoms with E-state index in [1.807, 2.05) is 6.20 Å². The van der Waals surface area contributed by atoms with Crippen molar-refractivity contribution in [2.24, 2.45) is 0 Å². The zero-order chi connectivity index (χ0) is 17.2. The third kappa shape index (κ3) is 3.46.